The molecule has 2 heterocycles. The summed E-state index contributed by atoms with van der Waals surface area (Å²) in [6.07, 6.45) is 4.03. The molecule has 0 radical (unpaired) electrons. The summed E-state index contributed by atoms with van der Waals surface area (Å²) < 4.78 is 10.2. The molecule has 1 fully saturated rings. The summed E-state index contributed by atoms with van der Waals surface area (Å²) in [7, 11) is 3.04. The summed E-state index contributed by atoms with van der Waals surface area (Å²) >= 11 is 0. The molecular weight excluding hydrogens is 410 g/mol. The molecule has 1 aliphatic carbocycles. The molecule has 9 nitrogen and oxygen atoms in total. The summed E-state index contributed by atoms with van der Waals surface area (Å²) in [6, 6.07) is 7.34. The molecule has 1 saturated carbocycles. The van der Waals surface area contributed by atoms with E-state index in [0.29, 0.717) is 29.3 Å². The van der Waals surface area contributed by atoms with Crippen molar-refractivity contribution >= 4 is 17.1 Å². The summed E-state index contributed by atoms with van der Waals surface area (Å²) in [5.74, 6) is 0.808. The number of hydrogen-bond acceptors (Lipinski definition) is 5. The highest BCUT2D eigenvalue weighted by atomic mass is 16.5. The lowest BCUT2D eigenvalue weighted by molar-refractivity contribution is 0.0917. The van der Waals surface area contributed by atoms with Gasteiger partial charge < -0.3 is 10.1 Å². The van der Waals surface area contributed by atoms with Crippen molar-refractivity contribution in [2.75, 3.05) is 0 Å². The summed E-state index contributed by atoms with van der Waals surface area (Å²) in [5.41, 5.74) is 0.338. The van der Waals surface area contributed by atoms with E-state index in [2.05, 4.69) is 24.1 Å². The molecule has 1 N–H and O–H groups in total. The minimum atomic E-state index is -0.440. The second-order valence-corrected chi connectivity index (χ2v) is 8.83. The maximum Gasteiger partial charge on any atom is 0.332 e. The van der Waals surface area contributed by atoms with E-state index in [1.807, 2.05) is 0 Å². The second-order valence-electron chi connectivity index (χ2n) is 8.83. The fourth-order valence-electron chi connectivity index (χ4n) is 3.70. The average molecular weight is 440 g/mol. The third-order valence-electron chi connectivity index (χ3n) is 6.01. The predicted octanol–water partition coefficient (Wildman–Crippen LogP) is 2.55. The number of ether oxygens (including phenoxy) is 1. The summed E-state index contributed by atoms with van der Waals surface area (Å²) in [6.45, 7) is 4.72. The van der Waals surface area contributed by atoms with Crippen LogP contribution in [0, 0.1) is 5.92 Å². The maximum absolute atomic E-state index is 12.9. The van der Waals surface area contributed by atoms with Crippen molar-refractivity contribution in [1.29, 1.82) is 0 Å². The zero-order valence-electron chi connectivity index (χ0n) is 18.9. The number of aryl methyl sites for hydroxylation is 2. The summed E-state index contributed by atoms with van der Waals surface area (Å²) in [5, 5.41) is 3.01. The molecule has 0 bridgehead atoms. The molecule has 0 atom stereocenters. The van der Waals surface area contributed by atoms with Gasteiger partial charge in [0.25, 0.3) is 11.5 Å². The highest BCUT2D eigenvalue weighted by Crippen LogP contribution is 2.26. The Morgan fingerprint density at radius 3 is 2.44 bits per heavy atom. The normalized spacial score (nSPS) is 14.0. The van der Waals surface area contributed by atoms with Gasteiger partial charge >= 0.3 is 11.7 Å². The Morgan fingerprint density at radius 2 is 1.84 bits per heavy atom. The van der Waals surface area contributed by atoms with Crippen LogP contribution in [0.5, 0.6) is 11.8 Å². The standard InChI is InChI=1S/C23H29N5O4/c1-14(2)12-13-28-18-19(26(3)23(31)27(4)21(18)30)25-22(28)32-17-10-8-15(9-11-17)20(29)24-16-6-5-7-16/h8-11,14,16H,5-7,12-13H2,1-4H3,(H,24,29). The van der Waals surface area contributed by atoms with Crippen molar-refractivity contribution < 1.29 is 9.53 Å². The number of amides is 1. The molecule has 3 aromatic rings. The molecule has 4 rings (SSSR count). The second kappa shape index (κ2) is 8.64. The van der Waals surface area contributed by atoms with Crippen LogP contribution in [0.1, 0.15) is 49.9 Å². The van der Waals surface area contributed by atoms with E-state index in [4.69, 9.17) is 4.74 Å². The first-order chi connectivity index (χ1) is 15.3. The average Bonchev–Trinajstić information content (AvgIpc) is 3.10. The van der Waals surface area contributed by atoms with Crippen LogP contribution in [-0.4, -0.2) is 30.6 Å². The van der Waals surface area contributed by atoms with Crippen LogP contribution in [-0.2, 0) is 20.6 Å². The van der Waals surface area contributed by atoms with Gasteiger partial charge in [-0.25, -0.2) is 4.79 Å². The number of imidazole rings is 1. The molecule has 0 saturated heterocycles. The third-order valence-corrected chi connectivity index (χ3v) is 6.01. The van der Waals surface area contributed by atoms with Gasteiger partial charge in [0.15, 0.2) is 11.2 Å². The number of rotatable bonds is 7. The van der Waals surface area contributed by atoms with Gasteiger partial charge in [-0.2, -0.15) is 4.98 Å². The molecule has 0 spiro atoms. The topological polar surface area (TPSA) is 100 Å². The van der Waals surface area contributed by atoms with Crippen LogP contribution >= 0.6 is 0 Å². The SMILES string of the molecule is CC(C)CCn1c(Oc2ccc(C(=O)NC3CCC3)cc2)nc2c1c(=O)n(C)c(=O)n2C. The van der Waals surface area contributed by atoms with Crippen molar-refractivity contribution in [1.82, 2.24) is 24.0 Å². The highest BCUT2D eigenvalue weighted by Gasteiger charge is 2.22. The van der Waals surface area contributed by atoms with Crippen molar-refractivity contribution in [3.63, 3.8) is 0 Å². The van der Waals surface area contributed by atoms with E-state index in [-0.39, 0.29) is 23.6 Å². The number of nitrogens with zero attached hydrogens (tertiary/aromatic N) is 4. The maximum atomic E-state index is 12.9. The quantitative estimate of drug-likeness (QED) is 0.610. The van der Waals surface area contributed by atoms with Crippen LogP contribution in [0.15, 0.2) is 33.9 Å². The molecular formula is C23H29N5O4. The number of aromatic nitrogens is 4. The monoisotopic (exact) mass is 439 g/mol. The van der Waals surface area contributed by atoms with Gasteiger partial charge in [0.05, 0.1) is 0 Å². The predicted molar refractivity (Wildman–Crippen MR) is 121 cm³/mol. The van der Waals surface area contributed by atoms with E-state index >= 15 is 0 Å². The van der Waals surface area contributed by atoms with Crippen molar-refractivity contribution in [2.45, 2.75) is 52.1 Å². The van der Waals surface area contributed by atoms with Gasteiger partial charge in [0.1, 0.15) is 5.75 Å². The van der Waals surface area contributed by atoms with E-state index in [1.165, 1.54) is 11.6 Å². The van der Waals surface area contributed by atoms with Crippen molar-refractivity contribution in [2.24, 2.45) is 20.0 Å². The van der Waals surface area contributed by atoms with E-state index < -0.39 is 11.2 Å². The first kappa shape index (κ1) is 21.9. The largest absolute Gasteiger partial charge is 0.425 e. The lowest BCUT2D eigenvalue weighted by Crippen LogP contribution is -2.39. The first-order valence-electron chi connectivity index (χ1n) is 11.0. The fourth-order valence-corrected chi connectivity index (χ4v) is 3.70. The van der Waals surface area contributed by atoms with Gasteiger partial charge in [-0.3, -0.25) is 23.3 Å². The fraction of sp³-hybridized carbons (Fsp3) is 0.478. The highest BCUT2D eigenvalue weighted by molar-refractivity contribution is 5.94. The lowest BCUT2D eigenvalue weighted by Gasteiger charge is -2.26. The molecule has 32 heavy (non-hydrogen) atoms. The Labute approximate surface area is 185 Å². The number of fused-ring (bicyclic) bond motifs is 1. The first-order valence-corrected chi connectivity index (χ1v) is 11.0. The Morgan fingerprint density at radius 1 is 1.16 bits per heavy atom. The molecule has 1 aromatic carbocycles. The Hall–Kier alpha value is -3.36. The number of benzene rings is 1. The third kappa shape index (κ3) is 4.06. The number of carbonyl (C=O) groups is 1. The van der Waals surface area contributed by atoms with Gasteiger partial charge in [-0.15, -0.1) is 0 Å². The Kier molecular flexibility index (Phi) is 5.90. The smallest absolute Gasteiger partial charge is 0.332 e. The minimum Gasteiger partial charge on any atom is -0.425 e. The Bertz CT molecular complexity index is 1260. The number of carbonyl (C=O) groups excluding carboxylic acids is 1. The van der Waals surface area contributed by atoms with Crippen molar-refractivity contribution in [3.8, 4) is 11.8 Å². The number of hydrogen-bond donors (Lipinski definition) is 1. The molecule has 1 amide bonds. The molecule has 1 aliphatic rings. The molecule has 2 aromatic heterocycles. The van der Waals surface area contributed by atoms with Crippen molar-refractivity contribution in [3.05, 3.63) is 50.7 Å². The van der Waals surface area contributed by atoms with E-state index in [0.717, 1.165) is 30.3 Å². The molecule has 0 unspecified atom stereocenters. The van der Waals surface area contributed by atoms with E-state index in [1.54, 1.807) is 35.9 Å². The van der Waals surface area contributed by atoms with Crippen LogP contribution in [0.4, 0.5) is 0 Å². The van der Waals surface area contributed by atoms with Gasteiger partial charge in [0, 0.05) is 32.2 Å². The van der Waals surface area contributed by atoms with Gasteiger partial charge in [-0.1, -0.05) is 13.8 Å². The Balaban J connectivity index is 1.67. The molecule has 170 valence electrons. The van der Waals surface area contributed by atoms with Crippen LogP contribution in [0.3, 0.4) is 0 Å². The van der Waals surface area contributed by atoms with Crippen LogP contribution in [0.25, 0.3) is 11.2 Å². The molecule has 9 heteroatoms. The zero-order valence-corrected chi connectivity index (χ0v) is 18.9. The van der Waals surface area contributed by atoms with Crippen LogP contribution < -0.4 is 21.3 Å². The van der Waals surface area contributed by atoms with Gasteiger partial charge in [0.2, 0.25) is 0 Å². The van der Waals surface area contributed by atoms with Gasteiger partial charge in [-0.05, 0) is 55.9 Å². The summed E-state index contributed by atoms with van der Waals surface area (Å²) in [4.78, 5) is 42.0. The molecule has 0 aliphatic heterocycles. The lowest BCUT2D eigenvalue weighted by atomic mass is 9.93. The van der Waals surface area contributed by atoms with E-state index in [9.17, 15) is 14.4 Å². The minimum absolute atomic E-state index is 0.0936. The number of nitrogens with one attached hydrogen (secondary N) is 1. The zero-order chi connectivity index (χ0) is 23.0. The van der Waals surface area contributed by atoms with Crippen LogP contribution in [0.2, 0.25) is 0 Å².